The lowest BCUT2D eigenvalue weighted by atomic mass is 9.99. The highest BCUT2D eigenvalue weighted by atomic mass is 16.6. The van der Waals surface area contributed by atoms with Crippen LogP contribution in [0.3, 0.4) is 0 Å². The number of benzene rings is 1. The summed E-state index contributed by atoms with van der Waals surface area (Å²) in [5.41, 5.74) is 0.113. The fourth-order valence-electron chi connectivity index (χ4n) is 1.61. The zero-order valence-corrected chi connectivity index (χ0v) is 10.3. The van der Waals surface area contributed by atoms with Crippen LogP contribution in [0.2, 0.25) is 0 Å². The Bertz CT molecular complexity index is 447. The molecule has 0 saturated heterocycles. The summed E-state index contributed by atoms with van der Waals surface area (Å²) < 4.78 is 0. The number of nitro benzene ring substituents is 1. The molecule has 0 aliphatic carbocycles. The van der Waals surface area contributed by atoms with Crippen molar-refractivity contribution in [3.05, 3.63) is 34.4 Å². The molecule has 1 aromatic rings. The Kier molecular flexibility index (Phi) is 4.65. The number of carbonyl (C=O) groups is 1. The molecule has 0 radical (unpaired) electrons. The lowest BCUT2D eigenvalue weighted by Crippen LogP contribution is -2.35. The van der Waals surface area contributed by atoms with Gasteiger partial charge in [0, 0.05) is 6.07 Å². The molecule has 0 spiro atoms. The van der Waals surface area contributed by atoms with E-state index in [0.717, 1.165) is 0 Å². The Morgan fingerprint density at radius 2 is 2.11 bits per heavy atom. The van der Waals surface area contributed by atoms with Crippen LogP contribution in [0.5, 0.6) is 0 Å². The highest BCUT2D eigenvalue weighted by molar-refractivity contribution is 5.79. The summed E-state index contributed by atoms with van der Waals surface area (Å²) in [4.78, 5) is 21.5. The van der Waals surface area contributed by atoms with Crippen molar-refractivity contribution in [2.75, 3.05) is 5.32 Å². The third kappa shape index (κ3) is 3.19. The lowest BCUT2D eigenvalue weighted by molar-refractivity contribution is -0.384. The minimum atomic E-state index is -1.01. The van der Waals surface area contributed by atoms with E-state index in [1.54, 1.807) is 19.1 Å². The van der Waals surface area contributed by atoms with Gasteiger partial charge in [-0.15, -0.1) is 0 Å². The Morgan fingerprint density at radius 3 is 2.61 bits per heavy atom. The molecule has 0 aliphatic heterocycles. The molecule has 2 N–H and O–H groups in total. The van der Waals surface area contributed by atoms with Gasteiger partial charge in [-0.05, 0) is 12.0 Å². The molecule has 98 valence electrons. The number of carboxylic acids is 1. The van der Waals surface area contributed by atoms with Crippen LogP contribution < -0.4 is 5.32 Å². The molecule has 0 aliphatic rings. The number of hydrogen-bond acceptors (Lipinski definition) is 4. The standard InChI is InChI=1S/C12H16N2O4/c1-3-8(2)11(12(15)16)13-9-6-4-5-7-10(9)14(17)18/h4-8,11,13H,3H2,1-2H3,(H,15,16)/t8-,11-/m0/s1. The number of para-hydroxylation sites is 2. The van der Waals surface area contributed by atoms with E-state index in [4.69, 9.17) is 5.11 Å². The second kappa shape index (κ2) is 6.00. The summed E-state index contributed by atoms with van der Waals surface area (Å²) in [7, 11) is 0. The molecule has 2 atom stereocenters. The van der Waals surface area contributed by atoms with E-state index >= 15 is 0 Å². The van der Waals surface area contributed by atoms with Gasteiger partial charge in [0.25, 0.3) is 5.69 Å². The third-order valence-electron chi connectivity index (χ3n) is 2.89. The number of nitro groups is 1. The van der Waals surface area contributed by atoms with Crippen LogP contribution in [-0.2, 0) is 4.79 Å². The normalized spacial score (nSPS) is 13.7. The lowest BCUT2D eigenvalue weighted by Gasteiger charge is -2.21. The molecule has 0 fully saturated rings. The van der Waals surface area contributed by atoms with Gasteiger partial charge in [0.1, 0.15) is 11.7 Å². The van der Waals surface area contributed by atoms with Crippen molar-refractivity contribution in [1.82, 2.24) is 0 Å². The smallest absolute Gasteiger partial charge is 0.326 e. The van der Waals surface area contributed by atoms with Gasteiger partial charge in [0.05, 0.1) is 4.92 Å². The SMILES string of the molecule is CC[C@H](C)[C@H](Nc1ccccc1[N+](=O)[O-])C(=O)O. The number of anilines is 1. The fraction of sp³-hybridized carbons (Fsp3) is 0.417. The topological polar surface area (TPSA) is 92.5 Å². The van der Waals surface area contributed by atoms with Crippen molar-refractivity contribution in [2.45, 2.75) is 26.3 Å². The van der Waals surface area contributed by atoms with Crippen LogP contribution >= 0.6 is 0 Å². The predicted octanol–water partition coefficient (Wildman–Crippen LogP) is 2.51. The summed E-state index contributed by atoms with van der Waals surface area (Å²) in [6.07, 6.45) is 0.671. The highest BCUT2D eigenvalue weighted by Gasteiger charge is 2.25. The van der Waals surface area contributed by atoms with Crippen LogP contribution in [0.4, 0.5) is 11.4 Å². The van der Waals surface area contributed by atoms with Crippen molar-refractivity contribution in [3.8, 4) is 0 Å². The van der Waals surface area contributed by atoms with E-state index in [0.29, 0.717) is 6.42 Å². The zero-order valence-electron chi connectivity index (χ0n) is 10.3. The summed E-state index contributed by atoms with van der Waals surface area (Å²) in [6.45, 7) is 3.67. The van der Waals surface area contributed by atoms with Crippen LogP contribution in [0.25, 0.3) is 0 Å². The van der Waals surface area contributed by atoms with E-state index in [2.05, 4.69) is 5.32 Å². The van der Waals surface area contributed by atoms with E-state index in [1.165, 1.54) is 12.1 Å². The van der Waals surface area contributed by atoms with Gasteiger partial charge in [-0.3, -0.25) is 10.1 Å². The van der Waals surface area contributed by atoms with E-state index < -0.39 is 16.9 Å². The first-order valence-electron chi connectivity index (χ1n) is 5.70. The van der Waals surface area contributed by atoms with Crippen LogP contribution in [0.15, 0.2) is 24.3 Å². The molecule has 1 aromatic carbocycles. The largest absolute Gasteiger partial charge is 0.480 e. The van der Waals surface area contributed by atoms with E-state index in [-0.39, 0.29) is 17.3 Å². The molecule has 0 aromatic heterocycles. The highest BCUT2D eigenvalue weighted by Crippen LogP contribution is 2.25. The van der Waals surface area contributed by atoms with Crippen molar-refractivity contribution >= 4 is 17.3 Å². The van der Waals surface area contributed by atoms with Crippen LogP contribution in [0, 0.1) is 16.0 Å². The number of nitrogens with one attached hydrogen (secondary N) is 1. The minimum absolute atomic E-state index is 0.118. The predicted molar refractivity (Wildman–Crippen MR) is 67.6 cm³/mol. The molecule has 0 saturated carbocycles. The quantitative estimate of drug-likeness (QED) is 0.599. The maximum atomic E-state index is 11.2. The number of aliphatic carboxylic acids is 1. The Hall–Kier alpha value is -2.11. The second-order valence-electron chi connectivity index (χ2n) is 4.12. The molecular weight excluding hydrogens is 236 g/mol. The Morgan fingerprint density at radius 1 is 1.50 bits per heavy atom. The van der Waals surface area contributed by atoms with Crippen LogP contribution in [0.1, 0.15) is 20.3 Å². The summed E-state index contributed by atoms with van der Waals surface area (Å²) in [6, 6.07) is 5.19. The maximum absolute atomic E-state index is 11.2. The average molecular weight is 252 g/mol. The van der Waals surface area contributed by atoms with Crippen LogP contribution in [-0.4, -0.2) is 22.0 Å². The summed E-state index contributed by atoms with van der Waals surface area (Å²) in [5, 5.41) is 22.7. The van der Waals surface area contributed by atoms with Crippen molar-refractivity contribution in [2.24, 2.45) is 5.92 Å². The maximum Gasteiger partial charge on any atom is 0.326 e. The zero-order chi connectivity index (χ0) is 13.7. The molecule has 0 bridgehead atoms. The van der Waals surface area contributed by atoms with Crippen molar-refractivity contribution < 1.29 is 14.8 Å². The first kappa shape index (κ1) is 14.0. The number of nitrogens with zero attached hydrogens (tertiary/aromatic N) is 1. The first-order chi connectivity index (χ1) is 8.47. The fourth-order valence-corrected chi connectivity index (χ4v) is 1.61. The number of hydrogen-bond donors (Lipinski definition) is 2. The third-order valence-corrected chi connectivity index (χ3v) is 2.89. The van der Waals surface area contributed by atoms with Gasteiger partial charge in [0.2, 0.25) is 0 Å². The van der Waals surface area contributed by atoms with Gasteiger partial charge in [-0.2, -0.15) is 0 Å². The average Bonchev–Trinajstić information content (AvgIpc) is 2.34. The number of carboxylic acid groups (broad SMARTS) is 1. The van der Waals surface area contributed by atoms with Gasteiger partial charge in [0.15, 0.2) is 0 Å². The molecule has 0 amide bonds. The summed E-state index contributed by atoms with van der Waals surface area (Å²) in [5.74, 6) is -1.13. The molecule has 1 rings (SSSR count). The van der Waals surface area contributed by atoms with Crippen molar-refractivity contribution in [3.63, 3.8) is 0 Å². The number of rotatable bonds is 6. The van der Waals surface area contributed by atoms with Gasteiger partial charge >= 0.3 is 5.97 Å². The first-order valence-corrected chi connectivity index (χ1v) is 5.70. The monoisotopic (exact) mass is 252 g/mol. The van der Waals surface area contributed by atoms with E-state index in [1.807, 2.05) is 6.92 Å². The van der Waals surface area contributed by atoms with E-state index in [9.17, 15) is 14.9 Å². The van der Waals surface area contributed by atoms with Gasteiger partial charge < -0.3 is 10.4 Å². The Labute approximate surface area is 105 Å². The minimum Gasteiger partial charge on any atom is -0.480 e. The molecule has 6 heteroatoms. The molecule has 18 heavy (non-hydrogen) atoms. The summed E-state index contributed by atoms with van der Waals surface area (Å²) >= 11 is 0. The van der Waals surface area contributed by atoms with Crippen molar-refractivity contribution in [1.29, 1.82) is 0 Å². The van der Waals surface area contributed by atoms with Gasteiger partial charge in [-0.1, -0.05) is 32.4 Å². The molecule has 6 nitrogen and oxygen atoms in total. The van der Waals surface area contributed by atoms with Gasteiger partial charge in [-0.25, -0.2) is 4.79 Å². The molecule has 0 unspecified atom stereocenters. The molecule has 0 heterocycles. The Balaban J connectivity index is 3.01. The second-order valence-corrected chi connectivity index (χ2v) is 4.12. The molecular formula is C12H16N2O4.